The normalized spacial score (nSPS) is 16.5. The van der Waals surface area contributed by atoms with E-state index in [1.807, 2.05) is 12.4 Å². The highest BCUT2D eigenvalue weighted by atomic mass is 32.1. The molecular weight excluding hydrogens is 230 g/mol. The number of thiocarbonyl (C=S) groups is 1. The molecule has 0 amide bonds. The van der Waals surface area contributed by atoms with Gasteiger partial charge in [-0.1, -0.05) is 25.1 Å². The van der Waals surface area contributed by atoms with Crippen molar-refractivity contribution in [3.8, 4) is 0 Å². The summed E-state index contributed by atoms with van der Waals surface area (Å²) in [6.45, 7) is 1.65. The van der Waals surface area contributed by atoms with Gasteiger partial charge >= 0.3 is 0 Å². The van der Waals surface area contributed by atoms with E-state index in [1.54, 1.807) is 0 Å². The SMILES string of the molecule is NC(=S)CN(Cc1ccncc1)C1CCCC1. The lowest BCUT2D eigenvalue weighted by Gasteiger charge is -2.28. The zero-order valence-electron chi connectivity index (χ0n) is 10.0. The predicted molar refractivity (Wildman–Crippen MR) is 73.7 cm³/mol. The first kappa shape index (κ1) is 12.5. The maximum Gasteiger partial charge on any atom is 0.0870 e. The smallest absolute Gasteiger partial charge is 0.0870 e. The molecule has 0 radical (unpaired) electrons. The number of hydrogen-bond acceptors (Lipinski definition) is 3. The lowest BCUT2D eigenvalue weighted by Crippen LogP contribution is -2.38. The Morgan fingerprint density at radius 2 is 2.00 bits per heavy atom. The molecule has 2 N–H and O–H groups in total. The van der Waals surface area contributed by atoms with Crippen molar-refractivity contribution in [2.45, 2.75) is 38.3 Å². The van der Waals surface area contributed by atoms with E-state index in [1.165, 1.54) is 31.2 Å². The molecule has 0 aliphatic heterocycles. The fourth-order valence-electron chi connectivity index (χ4n) is 2.51. The lowest BCUT2D eigenvalue weighted by molar-refractivity contribution is 0.219. The fourth-order valence-corrected chi connectivity index (χ4v) is 2.67. The number of nitrogens with zero attached hydrogens (tertiary/aromatic N) is 2. The average Bonchev–Trinajstić information content (AvgIpc) is 2.82. The van der Waals surface area contributed by atoms with Crippen LogP contribution < -0.4 is 5.73 Å². The van der Waals surface area contributed by atoms with Gasteiger partial charge in [0.05, 0.1) is 4.99 Å². The van der Waals surface area contributed by atoms with E-state index < -0.39 is 0 Å². The van der Waals surface area contributed by atoms with Crippen molar-refractivity contribution in [1.82, 2.24) is 9.88 Å². The van der Waals surface area contributed by atoms with Crippen molar-refractivity contribution in [2.75, 3.05) is 6.54 Å². The molecule has 0 bridgehead atoms. The van der Waals surface area contributed by atoms with Crippen molar-refractivity contribution in [3.63, 3.8) is 0 Å². The summed E-state index contributed by atoms with van der Waals surface area (Å²) in [6, 6.07) is 4.76. The van der Waals surface area contributed by atoms with Crippen LogP contribution in [0.25, 0.3) is 0 Å². The summed E-state index contributed by atoms with van der Waals surface area (Å²) < 4.78 is 0. The number of nitrogens with two attached hydrogens (primary N) is 1. The van der Waals surface area contributed by atoms with Crippen LogP contribution in [0, 0.1) is 0 Å². The molecule has 1 aromatic heterocycles. The second kappa shape index (κ2) is 6.07. The first-order valence-electron chi connectivity index (χ1n) is 6.17. The summed E-state index contributed by atoms with van der Waals surface area (Å²) in [4.78, 5) is 7.04. The Bertz CT molecular complexity index is 360. The minimum Gasteiger partial charge on any atom is -0.392 e. The lowest BCUT2D eigenvalue weighted by atomic mass is 10.1. The highest BCUT2D eigenvalue weighted by Gasteiger charge is 2.22. The molecule has 1 aliphatic rings. The maximum atomic E-state index is 5.69. The van der Waals surface area contributed by atoms with Crippen LogP contribution in [-0.2, 0) is 6.54 Å². The summed E-state index contributed by atoms with van der Waals surface area (Å²) in [5.74, 6) is 0. The Morgan fingerprint density at radius 3 is 2.59 bits per heavy atom. The topological polar surface area (TPSA) is 42.1 Å². The van der Waals surface area contributed by atoms with Crippen LogP contribution in [0.4, 0.5) is 0 Å². The third kappa shape index (κ3) is 3.75. The minimum absolute atomic E-state index is 0.589. The molecule has 0 atom stereocenters. The highest BCUT2D eigenvalue weighted by molar-refractivity contribution is 7.80. The van der Waals surface area contributed by atoms with Crippen LogP contribution in [0.5, 0.6) is 0 Å². The van der Waals surface area contributed by atoms with Gasteiger partial charge in [0.25, 0.3) is 0 Å². The Balaban J connectivity index is 2.02. The summed E-state index contributed by atoms with van der Waals surface area (Å²) in [7, 11) is 0. The van der Waals surface area contributed by atoms with Crippen molar-refractivity contribution in [1.29, 1.82) is 0 Å². The summed E-state index contributed by atoms with van der Waals surface area (Å²) in [5.41, 5.74) is 6.97. The van der Waals surface area contributed by atoms with Crippen molar-refractivity contribution >= 4 is 17.2 Å². The number of rotatable bonds is 5. The van der Waals surface area contributed by atoms with Gasteiger partial charge in [-0.15, -0.1) is 0 Å². The first-order valence-corrected chi connectivity index (χ1v) is 6.58. The minimum atomic E-state index is 0.589. The Labute approximate surface area is 108 Å². The van der Waals surface area contributed by atoms with Crippen LogP contribution in [0.2, 0.25) is 0 Å². The fraction of sp³-hybridized carbons (Fsp3) is 0.538. The second-order valence-corrected chi connectivity index (χ2v) is 5.19. The zero-order valence-corrected chi connectivity index (χ0v) is 10.8. The van der Waals surface area contributed by atoms with Crippen LogP contribution in [0.15, 0.2) is 24.5 Å². The van der Waals surface area contributed by atoms with Crippen LogP contribution in [-0.4, -0.2) is 27.5 Å². The van der Waals surface area contributed by atoms with E-state index in [-0.39, 0.29) is 0 Å². The van der Waals surface area contributed by atoms with E-state index in [4.69, 9.17) is 18.0 Å². The molecule has 0 aromatic carbocycles. The molecule has 1 aliphatic carbocycles. The molecular formula is C13H19N3S. The molecule has 92 valence electrons. The number of hydrogen-bond donors (Lipinski definition) is 1. The number of aromatic nitrogens is 1. The van der Waals surface area contributed by atoms with Gasteiger partial charge in [0, 0.05) is 31.5 Å². The first-order chi connectivity index (χ1) is 8.25. The third-order valence-electron chi connectivity index (χ3n) is 3.34. The molecule has 17 heavy (non-hydrogen) atoms. The van der Waals surface area contributed by atoms with Gasteiger partial charge in [-0.25, -0.2) is 0 Å². The van der Waals surface area contributed by atoms with Crippen molar-refractivity contribution < 1.29 is 0 Å². The molecule has 1 saturated carbocycles. The van der Waals surface area contributed by atoms with E-state index >= 15 is 0 Å². The standard InChI is InChI=1S/C13H19N3S/c14-13(17)10-16(12-3-1-2-4-12)9-11-5-7-15-8-6-11/h5-8,12H,1-4,9-10H2,(H2,14,17). The van der Waals surface area contributed by atoms with E-state index in [9.17, 15) is 0 Å². The molecule has 1 aromatic rings. The van der Waals surface area contributed by atoms with Crippen LogP contribution >= 0.6 is 12.2 Å². The van der Waals surface area contributed by atoms with E-state index in [0.717, 1.165) is 13.1 Å². The maximum absolute atomic E-state index is 5.69. The monoisotopic (exact) mass is 249 g/mol. The highest BCUT2D eigenvalue weighted by Crippen LogP contribution is 2.24. The van der Waals surface area contributed by atoms with Crippen molar-refractivity contribution in [3.05, 3.63) is 30.1 Å². The van der Waals surface area contributed by atoms with Crippen LogP contribution in [0.3, 0.4) is 0 Å². The van der Waals surface area contributed by atoms with E-state index in [2.05, 4.69) is 22.0 Å². The number of pyridine rings is 1. The quantitative estimate of drug-likeness (QED) is 0.812. The summed E-state index contributed by atoms with van der Waals surface area (Å²) in [6.07, 6.45) is 8.87. The molecule has 2 rings (SSSR count). The van der Waals surface area contributed by atoms with Gasteiger partial charge in [-0.2, -0.15) is 0 Å². The summed E-state index contributed by atoms with van der Waals surface area (Å²) >= 11 is 5.05. The largest absolute Gasteiger partial charge is 0.392 e. The van der Waals surface area contributed by atoms with Crippen LogP contribution in [0.1, 0.15) is 31.2 Å². The molecule has 0 unspecified atom stereocenters. The van der Waals surface area contributed by atoms with Gasteiger partial charge in [0.2, 0.25) is 0 Å². The molecule has 1 heterocycles. The van der Waals surface area contributed by atoms with Gasteiger partial charge in [0.1, 0.15) is 0 Å². The molecule has 0 saturated heterocycles. The van der Waals surface area contributed by atoms with Gasteiger partial charge in [-0.3, -0.25) is 9.88 Å². The third-order valence-corrected chi connectivity index (χ3v) is 3.46. The molecule has 3 nitrogen and oxygen atoms in total. The Hall–Kier alpha value is -1.00. The Kier molecular flexibility index (Phi) is 4.45. The molecule has 1 fully saturated rings. The Morgan fingerprint density at radius 1 is 1.35 bits per heavy atom. The summed E-state index contributed by atoms with van der Waals surface area (Å²) in [5, 5.41) is 0. The van der Waals surface area contributed by atoms with Gasteiger partial charge in [-0.05, 0) is 30.5 Å². The predicted octanol–water partition coefficient (Wildman–Crippen LogP) is 2.11. The van der Waals surface area contributed by atoms with Crippen molar-refractivity contribution in [2.24, 2.45) is 5.73 Å². The molecule has 4 heteroatoms. The van der Waals surface area contributed by atoms with Gasteiger partial charge in [0.15, 0.2) is 0 Å². The van der Waals surface area contributed by atoms with Gasteiger partial charge < -0.3 is 5.73 Å². The zero-order chi connectivity index (χ0) is 12.1. The second-order valence-electron chi connectivity index (χ2n) is 4.67. The average molecular weight is 249 g/mol. The molecule has 0 spiro atoms. The van der Waals surface area contributed by atoms with E-state index in [0.29, 0.717) is 11.0 Å².